The summed E-state index contributed by atoms with van der Waals surface area (Å²) in [5.41, 5.74) is 1.82. The molecule has 2 aromatic rings. The highest BCUT2D eigenvalue weighted by molar-refractivity contribution is 5.80. The Kier molecular flexibility index (Phi) is 3.77. The summed E-state index contributed by atoms with van der Waals surface area (Å²) in [7, 11) is 0. The molecule has 1 aliphatic rings. The Morgan fingerprint density at radius 3 is 2.95 bits per heavy atom. The number of benzene rings is 1. The Hall–Kier alpha value is -1.77. The second-order valence-corrected chi connectivity index (χ2v) is 5.60. The van der Waals surface area contributed by atoms with Crippen molar-refractivity contribution in [3.8, 4) is 5.88 Å². The zero-order valence-electron chi connectivity index (χ0n) is 11.9. The van der Waals surface area contributed by atoms with Gasteiger partial charge in [-0.15, -0.1) is 0 Å². The van der Waals surface area contributed by atoms with Crippen LogP contribution in [0.3, 0.4) is 0 Å². The van der Waals surface area contributed by atoms with Gasteiger partial charge in [0.25, 0.3) is 0 Å². The van der Waals surface area contributed by atoms with E-state index in [9.17, 15) is 4.79 Å². The van der Waals surface area contributed by atoms with Crippen LogP contribution in [0, 0.1) is 0 Å². The van der Waals surface area contributed by atoms with Crippen LogP contribution in [0.2, 0.25) is 0 Å². The number of aromatic nitrogens is 1. The number of unbranched alkanes of at least 4 members (excludes halogenated alkanes) is 3. The van der Waals surface area contributed by atoms with Gasteiger partial charge in [-0.05, 0) is 25.0 Å². The third kappa shape index (κ3) is 2.45. The van der Waals surface area contributed by atoms with Gasteiger partial charge in [0, 0.05) is 11.8 Å². The van der Waals surface area contributed by atoms with Gasteiger partial charge in [0.1, 0.15) is 6.10 Å². The number of rotatable bonds is 5. The fourth-order valence-electron chi connectivity index (χ4n) is 2.94. The van der Waals surface area contributed by atoms with Crippen molar-refractivity contribution in [3.05, 3.63) is 40.1 Å². The van der Waals surface area contributed by atoms with E-state index in [2.05, 4.69) is 11.9 Å². The second kappa shape index (κ2) is 5.70. The van der Waals surface area contributed by atoms with Crippen LogP contribution in [-0.4, -0.2) is 11.1 Å². The van der Waals surface area contributed by atoms with Crippen LogP contribution in [0.25, 0.3) is 10.9 Å². The molecular weight excluding hydrogens is 250 g/mol. The number of H-pyrrole nitrogens is 1. The minimum atomic E-state index is 0.130. The van der Waals surface area contributed by atoms with Gasteiger partial charge in [0.2, 0.25) is 0 Å². The van der Waals surface area contributed by atoms with Crippen molar-refractivity contribution < 1.29 is 4.74 Å². The quantitative estimate of drug-likeness (QED) is 0.840. The lowest BCUT2D eigenvalue weighted by Crippen LogP contribution is -2.14. The van der Waals surface area contributed by atoms with Crippen LogP contribution in [-0.2, 0) is 6.42 Å². The normalized spacial score (nSPS) is 17.1. The number of ether oxygens (including phenoxy) is 1. The third-order valence-electron chi connectivity index (χ3n) is 4.06. The van der Waals surface area contributed by atoms with Gasteiger partial charge in [-0.2, -0.15) is 0 Å². The van der Waals surface area contributed by atoms with Crippen LogP contribution >= 0.6 is 0 Å². The molecule has 106 valence electrons. The molecule has 1 aromatic carbocycles. The number of hydrogen-bond acceptors (Lipinski definition) is 2. The standard InChI is InChI=1S/C17H21NO2/c1-2-3-4-5-8-12-11-14-16(19)13-9-6-7-10-15(13)18-17(14)20-12/h6-7,9-10,12H,2-5,8,11H2,1H3,(H,18,19). The summed E-state index contributed by atoms with van der Waals surface area (Å²) in [4.78, 5) is 15.7. The molecule has 1 unspecified atom stereocenters. The van der Waals surface area contributed by atoms with E-state index in [1.165, 1.54) is 25.7 Å². The Bertz CT molecular complexity index is 660. The van der Waals surface area contributed by atoms with Gasteiger partial charge in [-0.3, -0.25) is 4.79 Å². The number of nitrogens with one attached hydrogen (secondary N) is 1. The van der Waals surface area contributed by atoms with E-state index in [4.69, 9.17) is 4.74 Å². The molecule has 0 saturated heterocycles. The zero-order valence-corrected chi connectivity index (χ0v) is 11.9. The van der Waals surface area contributed by atoms with E-state index in [0.29, 0.717) is 5.88 Å². The first kappa shape index (κ1) is 13.2. The molecule has 0 saturated carbocycles. The molecule has 3 nitrogen and oxygen atoms in total. The first-order valence-corrected chi connectivity index (χ1v) is 7.60. The second-order valence-electron chi connectivity index (χ2n) is 5.60. The van der Waals surface area contributed by atoms with Crippen LogP contribution < -0.4 is 10.2 Å². The number of aromatic amines is 1. The lowest BCUT2D eigenvalue weighted by Gasteiger charge is -2.09. The summed E-state index contributed by atoms with van der Waals surface area (Å²) in [5.74, 6) is 0.689. The molecular formula is C17H21NO2. The Balaban J connectivity index is 1.78. The van der Waals surface area contributed by atoms with Crippen LogP contribution in [0.5, 0.6) is 5.88 Å². The molecule has 1 atom stereocenters. The van der Waals surface area contributed by atoms with Gasteiger partial charge < -0.3 is 9.72 Å². The maximum atomic E-state index is 12.4. The first-order valence-electron chi connectivity index (χ1n) is 7.60. The average Bonchev–Trinajstić information content (AvgIpc) is 2.87. The lowest BCUT2D eigenvalue weighted by molar-refractivity contribution is 0.210. The Morgan fingerprint density at radius 1 is 1.25 bits per heavy atom. The van der Waals surface area contributed by atoms with E-state index in [0.717, 1.165) is 29.3 Å². The Morgan fingerprint density at radius 2 is 2.10 bits per heavy atom. The summed E-state index contributed by atoms with van der Waals surface area (Å²) >= 11 is 0. The van der Waals surface area contributed by atoms with Crippen molar-refractivity contribution in [2.24, 2.45) is 0 Å². The van der Waals surface area contributed by atoms with Crippen molar-refractivity contribution in [1.82, 2.24) is 4.98 Å². The smallest absolute Gasteiger partial charge is 0.198 e. The predicted molar refractivity (Wildman–Crippen MR) is 81.4 cm³/mol. The topological polar surface area (TPSA) is 42.1 Å². The average molecular weight is 271 g/mol. The molecule has 0 aliphatic carbocycles. The summed E-state index contributed by atoms with van der Waals surface area (Å²) < 4.78 is 5.92. The van der Waals surface area contributed by atoms with Crippen molar-refractivity contribution in [2.45, 2.75) is 51.6 Å². The first-order chi connectivity index (χ1) is 9.79. The molecule has 0 radical (unpaired) electrons. The fourth-order valence-corrected chi connectivity index (χ4v) is 2.94. The molecule has 1 aromatic heterocycles. The van der Waals surface area contributed by atoms with Crippen LogP contribution in [0.4, 0.5) is 0 Å². The maximum Gasteiger partial charge on any atom is 0.198 e. The molecule has 0 amide bonds. The summed E-state index contributed by atoms with van der Waals surface area (Å²) in [5, 5.41) is 0.765. The van der Waals surface area contributed by atoms with E-state index < -0.39 is 0 Å². The van der Waals surface area contributed by atoms with Gasteiger partial charge in [-0.25, -0.2) is 0 Å². The number of fused-ring (bicyclic) bond motifs is 2. The van der Waals surface area contributed by atoms with Crippen molar-refractivity contribution in [3.63, 3.8) is 0 Å². The molecule has 20 heavy (non-hydrogen) atoms. The lowest BCUT2D eigenvalue weighted by atomic mass is 10.0. The van der Waals surface area contributed by atoms with E-state index in [-0.39, 0.29) is 11.5 Å². The van der Waals surface area contributed by atoms with Crippen molar-refractivity contribution in [1.29, 1.82) is 0 Å². The summed E-state index contributed by atoms with van der Waals surface area (Å²) in [6, 6.07) is 7.64. The summed E-state index contributed by atoms with van der Waals surface area (Å²) in [6.07, 6.45) is 6.92. The number of hydrogen-bond donors (Lipinski definition) is 1. The molecule has 0 spiro atoms. The molecule has 1 N–H and O–H groups in total. The van der Waals surface area contributed by atoms with E-state index in [1.807, 2.05) is 24.3 Å². The minimum absolute atomic E-state index is 0.130. The molecule has 2 heterocycles. The van der Waals surface area contributed by atoms with E-state index >= 15 is 0 Å². The Labute approximate surface area is 119 Å². The van der Waals surface area contributed by atoms with Gasteiger partial charge in [-0.1, -0.05) is 38.3 Å². The van der Waals surface area contributed by atoms with E-state index in [1.54, 1.807) is 0 Å². The zero-order chi connectivity index (χ0) is 13.9. The third-order valence-corrected chi connectivity index (χ3v) is 4.06. The highest BCUT2D eigenvalue weighted by Crippen LogP contribution is 2.28. The predicted octanol–water partition coefficient (Wildman–Crippen LogP) is 3.80. The van der Waals surface area contributed by atoms with Crippen LogP contribution in [0.1, 0.15) is 44.6 Å². The van der Waals surface area contributed by atoms with Gasteiger partial charge in [0.05, 0.1) is 11.1 Å². The van der Waals surface area contributed by atoms with Gasteiger partial charge in [0.15, 0.2) is 11.3 Å². The minimum Gasteiger partial charge on any atom is -0.475 e. The van der Waals surface area contributed by atoms with Crippen molar-refractivity contribution >= 4 is 10.9 Å². The number of para-hydroxylation sites is 1. The maximum absolute atomic E-state index is 12.4. The molecule has 3 heteroatoms. The van der Waals surface area contributed by atoms with Crippen LogP contribution in [0.15, 0.2) is 29.1 Å². The molecule has 1 aliphatic heterocycles. The SMILES string of the molecule is CCCCCCC1Cc2c([nH]c3ccccc3c2=O)O1. The summed E-state index contributed by atoms with van der Waals surface area (Å²) in [6.45, 7) is 2.21. The number of pyridine rings is 1. The highest BCUT2D eigenvalue weighted by atomic mass is 16.5. The molecule has 0 fully saturated rings. The highest BCUT2D eigenvalue weighted by Gasteiger charge is 2.26. The largest absolute Gasteiger partial charge is 0.475 e. The van der Waals surface area contributed by atoms with Gasteiger partial charge >= 0.3 is 0 Å². The van der Waals surface area contributed by atoms with Crippen molar-refractivity contribution in [2.75, 3.05) is 0 Å². The molecule has 3 rings (SSSR count). The monoisotopic (exact) mass is 271 g/mol. The fraction of sp³-hybridized carbons (Fsp3) is 0.471. The molecule has 0 bridgehead atoms.